The van der Waals surface area contributed by atoms with Gasteiger partial charge in [-0.1, -0.05) is 0 Å². The average molecular weight is 188 g/mol. The molecule has 0 aliphatic carbocycles. The van der Waals surface area contributed by atoms with Gasteiger partial charge in [0.1, 0.15) is 0 Å². The molecule has 2 N–H and O–H groups in total. The summed E-state index contributed by atoms with van der Waals surface area (Å²) in [5.74, 6) is 0. The Morgan fingerprint density at radius 1 is 1.20 bits per heavy atom. The smallest absolute Gasteiger partial charge is 0.314 e. The van der Waals surface area contributed by atoms with Crippen LogP contribution < -0.4 is 0 Å². The largest absolute Gasteiger partial charge is 0.446 e. The van der Waals surface area contributed by atoms with Gasteiger partial charge in [0.15, 0.2) is 0 Å². The van der Waals surface area contributed by atoms with E-state index >= 15 is 0 Å². The minimum absolute atomic E-state index is 0.250. The molecular weight excluding hydrogens is 186 g/mol. The van der Waals surface area contributed by atoms with E-state index in [0.717, 1.165) is 0 Å². The monoisotopic (exact) mass is 188 g/mol. The molecule has 0 spiro atoms. The summed E-state index contributed by atoms with van der Waals surface area (Å²) in [6, 6.07) is 0. The topological polar surface area (TPSA) is 126 Å². The van der Waals surface area contributed by atoms with Crippen molar-refractivity contribution in [2.45, 2.75) is 0 Å². The fraction of sp³-hybridized carbons (Fsp3) is 0. The molecule has 0 aromatic carbocycles. The Bertz CT molecular complexity index is 216. The van der Waals surface area contributed by atoms with Crippen molar-refractivity contribution in [1.29, 1.82) is 0 Å². The minimum Gasteiger partial charge on any atom is -0.314 e. The van der Waals surface area contributed by atoms with E-state index in [1.54, 1.807) is 0 Å². The highest BCUT2D eigenvalue weighted by Crippen LogP contribution is 2.53. The molecule has 0 saturated heterocycles. The lowest BCUT2D eigenvalue weighted by atomic mass is 11.8. The van der Waals surface area contributed by atoms with Crippen LogP contribution in [0.5, 0.6) is 0 Å². The van der Waals surface area contributed by atoms with Crippen molar-refractivity contribution in [3.63, 3.8) is 0 Å². The Morgan fingerprint density at radius 2 is 1.30 bits per heavy atom. The lowest BCUT2D eigenvalue weighted by Gasteiger charge is -1.82. The van der Waals surface area contributed by atoms with Crippen LogP contribution in [0, 0.1) is 0 Å². The highest BCUT2D eigenvalue weighted by atomic mass is 32.1. The Labute approximate surface area is 54.9 Å². The first-order valence-corrected chi connectivity index (χ1v) is 5.05. The molecule has 0 radical (unpaired) electrons. The van der Waals surface area contributed by atoms with Crippen LogP contribution >= 0.6 is 14.7 Å². The molecule has 0 bridgehead atoms. The second-order valence-electron chi connectivity index (χ2n) is 0.834. The van der Waals surface area contributed by atoms with E-state index < -0.39 is 14.7 Å². The van der Waals surface area contributed by atoms with E-state index in [0.29, 0.717) is 0 Å². The molecule has 0 fully saturated rings. The summed E-state index contributed by atoms with van der Waals surface area (Å²) < 4.78 is 28.0. The van der Waals surface area contributed by atoms with E-state index in [9.17, 15) is 13.7 Å². The lowest BCUT2D eigenvalue weighted by Crippen LogP contribution is -1.59. The van der Waals surface area contributed by atoms with Gasteiger partial charge in [0.05, 0.1) is 0 Å². The third-order valence-electron chi connectivity index (χ3n) is 0.213. The predicted molar refractivity (Wildman–Crippen MR) is 25.3 cm³/mol. The molecule has 0 rings (SSSR count). The van der Waals surface area contributed by atoms with Crippen LogP contribution in [0.2, 0.25) is 0 Å². The van der Waals surface area contributed by atoms with Crippen LogP contribution in [0.4, 0.5) is 0 Å². The summed E-state index contributed by atoms with van der Waals surface area (Å²) in [6.45, 7) is 0. The summed E-state index contributed by atoms with van der Waals surface area (Å²) in [5.41, 5.74) is 0. The van der Waals surface area contributed by atoms with Gasteiger partial charge in [-0.2, -0.15) is 9.59 Å². The standard InChI is InChI=1S/CO2.H2O5P2/c2-1-3;1-6(2)7(3,4)5/h;(H2,3,4,5). The first-order chi connectivity index (χ1) is 4.36. The zero-order valence-electron chi connectivity index (χ0n) is 4.33. The fourth-order valence-electron chi connectivity index (χ4n) is 0. The molecule has 0 unspecified atom stereocenters. The Hall–Kier alpha value is -0.570. The van der Waals surface area contributed by atoms with Crippen LogP contribution in [0.25, 0.3) is 0 Å². The SMILES string of the molecule is O=C=O.O=P(=O)P(=O)(O)O. The lowest BCUT2D eigenvalue weighted by molar-refractivity contribution is -0.191. The molecule has 10 heavy (non-hydrogen) atoms. The Morgan fingerprint density at radius 3 is 1.30 bits per heavy atom. The normalized spacial score (nSPS) is 8.60. The van der Waals surface area contributed by atoms with Crippen molar-refractivity contribution in [2.24, 2.45) is 0 Å². The van der Waals surface area contributed by atoms with Crippen molar-refractivity contribution >= 4 is 20.8 Å². The van der Waals surface area contributed by atoms with Gasteiger partial charge in [0.25, 0.3) is 0 Å². The Kier molecular flexibility index (Phi) is 6.35. The van der Waals surface area contributed by atoms with Crippen LogP contribution in [-0.4, -0.2) is 15.9 Å². The van der Waals surface area contributed by atoms with Gasteiger partial charge in [0, 0.05) is 0 Å². The third-order valence-corrected chi connectivity index (χ3v) is 1.91. The van der Waals surface area contributed by atoms with Crippen LogP contribution in [0.3, 0.4) is 0 Å². The van der Waals surface area contributed by atoms with Gasteiger partial charge in [-0.15, -0.1) is 0 Å². The quantitative estimate of drug-likeness (QED) is 0.539. The molecule has 7 nitrogen and oxygen atoms in total. The maximum Gasteiger partial charge on any atom is 0.446 e. The van der Waals surface area contributed by atoms with Gasteiger partial charge < -0.3 is 9.79 Å². The fourth-order valence-corrected chi connectivity index (χ4v) is 0. The second kappa shape index (κ2) is 5.23. The van der Waals surface area contributed by atoms with Gasteiger partial charge in [-0.25, -0.2) is 13.7 Å². The number of hydrogen-bond acceptors (Lipinski definition) is 5. The molecule has 0 saturated carbocycles. The van der Waals surface area contributed by atoms with E-state index in [4.69, 9.17) is 19.4 Å². The van der Waals surface area contributed by atoms with Crippen molar-refractivity contribution in [3.05, 3.63) is 0 Å². The van der Waals surface area contributed by atoms with E-state index in [1.807, 2.05) is 0 Å². The summed E-state index contributed by atoms with van der Waals surface area (Å²) >= 11 is 0. The molecule has 9 heteroatoms. The molecule has 0 aromatic heterocycles. The second-order valence-corrected chi connectivity index (χ2v) is 4.88. The molecule has 58 valence electrons. The van der Waals surface area contributed by atoms with Crippen LogP contribution in [0.15, 0.2) is 0 Å². The molecule has 0 aliphatic heterocycles. The summed E-state index contributed by atoms with van der Waals surface area (Å²) in [4.78, 5) is 31.5. The van der Waals surface area contributed by atoms with E-state index in [-0.39, 0.29) is 6.15 Å². The van der Waals surface area contributed by atoms with Gasteiger partial charge in [-0.3, -0.25) is 0 Å². The maximum absolute atomic E-state index is 9.43. The van der Waals surface area contributed by atoms with Crippen molar-refractivity contribution in [3.8, 4) is 0 Å². The summed E-state index contributed by atoms with van der Waals surface area (Å²) in [5, 5.41) is 0. The van der Waals surface area contributed by atoms with E-state index in [1.165, 1.54) is 0 Å². The third kappa shape index (κ3) is 10.4. The van der Waals surface area contributed by atoms with Crippen molar-refractivity contribution in [1.82, 2.24) is 0 Å². The highest BCUT2D eigenvalue weighted by Gasteiger charge is 2.19. The number of carbonyl (C=O) groups excluding carboxylic acids is 2. The van der Waals surface area contributed by atoms with Gasteiger partial charge in [-0.05, 0) is 0 Å². The molecule has 0 aromatic rings. The molecule has 0 aliphatic rings. The predicted octanol–water partition coefficient (Wildman–Crippen LogP) is -0.332. The van der Waals surface area contributed by atoms with E-state index in [2.05, 4.69) is 0 Å². The minimum atomic E-state index is -4.78. The van der Waals surface area contributed by atoms with Crippen molar-refractivity contribution in [2.75, 3.05) is 0 Å². The van der Waals surface area contributed by atoms with Crippen molar-refractivity contribution < 1.29 is 33.1 Å². The molecule has 0 atom stereocenters. The highest BCUT2D eigenvalue weighted by molar-refractivity contribution is 8.16. The zero-order valence-corrected chi connectivity index (χ0v) is 6.12. The average Bonchev–Trinajstić information content (AvgIpc) is 1.64. The maximum atomic E-state index is 9.43. The van der Waals surface area contributed by atoms with Gasteiger partial charge in [0.2, 0.25) is 0 Å². The molecule has 0 amide bonds. The zero-order chi connectivity index (χ0) is 8.78. The number of hydrogen-bond donors (Lipinski definition) is 2. The molecule has 0 heterocycles. The van der Waals surface area contributed by atoms with Crippen LogP contribution in [0.1, 0.15) is 0 Å². The first-order valence-electron chi connectivity index (χ1n) is 1.56. The first kappa shape index (κ1) is 12.1. The molecular formula is CH2O7P2. The van der Waals surface area contributed by atoms with Gasteiger partial charge >= 0.3 is 20.8 Å². The summed E-state index contributed by atoms with van der Waals surface area (Å²) in [6.07, 6.45) is 0.250. The summed E-state index contributed by atoms with van der Waals surface area (Å²) in [7, 11) is -8.36. The number of rotatable bonds is 1. The Balaban J connectivity index is 0. The van der Waals surface area contributed by atoms with Crippen LogP contribution in [-0.2, 0) is 23.3 Å².